The Morgan fingerprint density at radius 3 is 2.44 bits per heavy atom. The van der Waals surface area contributed by atoms with E-state index in [0.29, 0.717) is 25.6 Å². The highest BCUT2D eigenvalue weighted by atomic mass is 32.1. The number of halogens is 2. The Kier molecular flexibility index (Phi) is 8.68. The monoisotopic (exact) mass is 610 g/mol. The third kappa shape index (κ3) is 7.07. The lowest BCUT2D eigenvalue weighted by atomic mass is 9.68. The van der Waals surface area contributed by atoms with Crippen LogP contribution in [0.3, 0.4) is 0 Å². The number of likely N-dealkylation sites (tertiary alicyclic amines) is 1. The molecule has 1 aromatic carbocycles. The summed E-state index contributed by atoms with van der Waals surface area (Å²) in [4.78, 5) is 34.3. The predicted molar refractivity (Wildman–Crippen MR) is 162 cm³/mol. The zero-order valence-corrected chi connectivity index (χ0v) is 26.4. The van der Waals surface area contributed by atoms with Crippen LogP contribution in [0.4, 0.5) is 8.78 Å². The lowest BCUT2D eigenvalue weighted by molar-refractivity contribution is -0.128. The molecule has 1 N–H and O–H groups in total. The maximum Gasteiger partial charge on any atom is 0.194 e. The number of Topliss-reactive ketones (excluding diaryl/α,β-unsaturated/α-hetero) is 2. The minimum atomic E-state index is -0.765. The molecule has 5 rings (SSSR count). The molecule has 2 fully saturated rings. The fourth-order valence-corrected chi connectivity index (χ4v) is 7.65. The van der Waals surface area contributed by atoms with E-state index in [4.69, 9.17) is 4.98 Å². The van der Waals surface area contributed by atoms with Gasteiger partial charge in [-0.05, 0) is 70.2 Å². The first-order valence-electron chi connectivity index (χ1n) is 14.9. The van der Waals surface area contributed by atoms with Crippen molar-refractivity contribution in [3.63, 3.8) is 0 Å². The Labute approximate surface area is 255 Å². The second-order valence-corrected chi connectivity index (χ2v) is 14.6. The Bertz CT molecular complexity index is 1520. The molecule has 43 heavy (non-hydrogen) atoms. The van der Waals surface area contributed by atoms with E-state index in [-0.39, 0.29) is 40.0 Å². The first kappa shape index (κ1) is 31.5. The summed E-state index contributed by atoms with van der Waals surface area (Å²) in [5.41, 5.74) is 1.29. The van der Waals surface area contributed by atoms with Crippen molar-refractivity contribution in [2.24, 2.45) is 5.41 Å². The van der Waals surface area contributed by atoms with E-state index in [9.17, 15) is 23.5 Å². The Balaban J connectivity index is 1.33. The van der Waals surface area contributed by atoms with Crippen molar-refractivity contribution >= 4 is 22.9 Å². The Morgan fingerprint density at radius 2 is 1.77 bits per heavy atom. The second-order valence-electron chi connectivity index (χ2n) is 13.7. The van der Waals surface area contributed by atoms with Crippen molar-refractivity contribution in [2.75, 3.05) is 13.1 Å². The summed E-state index contributed by atoms with van der Waals surface area (Å²) in [7, 11) is 0. The minimum absolute atomic E-state index is 0.0815. The first-order chi connectivity index (χ1) is 20.2. The van der Waals surface area contributed by atoms with E-state index in [1.165, 1.54) is 6.07 Å². The van der Waals surface area contributed by atoms with Crippen LogP contribution in [0.15, 0.2) is 30.3 Å². The highest BCUT2D eigenvalue weighted by Gasteiger charge is 2.49. The number of hydrogen-bond acceptors (Lipinski definition) is 8. The Morgan fingerprint density at radius 1 is 1.07 bits per heavy atom. The zero-order chi connectivity index (χ0) is 31.2. The van der Waals surface area contributed by atoms with Gasteiger partial charge in [-0.3, -0.25) is 19.5 Å². The van der Waals surface area contributed by atoms with Gasteiger partial charge < -0.3 is 5.11 Å². The average Bonchev–Trinajstić information content (AvgIpc) is 3.38. The third-order valence-corrected chi connectivity index (χ3v) is 10.1. The summed E-state index contributed by atoms with van der Waals surface area (Å²) in [5, 5.41) is 18.8. The molecule has 0 radical (unpaired) electrons. The molecular weight excluding hydrogens is 570 g/mol. The molecular formula is C33H40F2N4O3S. The molecule has 1 aliphatic heterocycles. The lowest BCUT2D eigenvalue weighted by Gasteiger charge is -2.54. The fourth-order valence-electron chi connectivity index (χ4n) is 6.84. The maximum absolute atomic E-state index is 14.3. The lowest BCUT2D eigenvalue weighted by Crippen LogP contribution is -2.62. The number of hydrogen-bond donors (Lipinski definition) is 1. The number of aliphatic hydroxyl groups is 1. The van der Waals surface area contributed by atoms with E-state index in [1.54, 1.807) is 0 Å². The molecule has 0 bridgehead atoms. The molecule has 1 saturated heterocycles. The molecule has 0 spiro atoms. The molecule has 0 amide bonds. The highest BCUT2D eigenvalue weighted by molar-refractivity contribution is 7.16. The number of carbonyl (C=O) groups excluding carboxylic acids is 2. The van der Waals surface area contributed by atoms with Gasteiger partial charge in [-0.15, -0.1) is 10.2 Å². The molecule has 1 saturated carbocycles. The summed E-state index contributed by atoms with van der Waals surface area (Å²) < 4.78 is 27.7. The zero-order valence-electron chi connectivity index (χ0n) is 25.5. The van der Waals surface area contributed by atoms with E-state index in [1.807, 2.05) is 46.8 Å². The summed E-state index contributed by atoms with van der Waals surface area (Å²) in [6.07, 6.45) is 3.89. The van der Waals surface area contributed by atoms with Gasteiger partial charge in [0.15, 0.2) is 15.8 Å². The summed E-state index contributed by atoms with van der Waals surface area (Å²) in [6, 6.07) is 7.52. The SMILES string of the molecule is Cc1ccc(C)c(C(C)(C)CC(=O)CC2(CC(=O)c3nnc(-c4ccc(F)cc4F)s3)CN(C3CCC(C)(O)CC3)C2)n1. The van der Waals surface area contributed by atoms with E-state index in [0.717, 1.165) is 66.1 Å². The molecule has 10 heteroatoms. The third-order valence-electron chi connectivity index (χ3n) is 9.07. The van der Waals surface area contributed by atoms with E-state index in [2.05, 4.69) is 15.1 Å². The maximum atomic E-state index is 14.3. The smallest absolute Gasteiger partial charge is 0.194 e. The molecule has 3 heterocycles. The Hall–Kier alpha value is -2.95. The van der Waals surface area contributed by atoms with Gasteiger partial charge in [0.25, 0.3) is 0 Å². The number of carbonyl (C=O) groups is 2. The molecule has 2 aliphatic rings. The molecule has 1 aliphatic carbocycles. The van der Waals surface area contributed by atoms with Crippen molar-refractivity contribution in [3.05, 3.63) is 63.9 Å². The van der Waals surface area contributed by atoms with Crippen LogP contribution in [0, 0.1) is 30.9 Å². The van der Waals surface area contributed by atoms with Crippen LogP contribution in [0.1, 0.15) is 92.5 Å². The summed E-state index contributed by atoms with van der Waals surface area (Å²) in [6.45, 7) is 11.1. The van der Waals surface area contributed by atoms with Crippen molar-refractivity contribution < 1.29 is 23.5 Å². The fraction of sp³-hybridized carbons (Fsp3) is 0.545. The largest absolute Gasteiger partial charge is 0.390 e. The summed E-state index contributed by atoms with van der Waals surface area (Å²) in [5.74, 6) is -1.61. The van der Waals surface area contributed by atoms with E-state index < -0.39 is 28.1 Å². The quantitative estimate of drug-likeness (QED) is 0.266. The van der Waals surface area contributed by atoms with Gasteiger partial charge in [0.2, 0.25) is 0 Å². The van der Waals surface area contributed by atoms with Crippen LogP contribution >= 0.6 is 11.3 Å². The van der Waals surface area contributed by atoms with Crippen molar-refractivity contribution in [2.45, 2.75) is 96.6 Å². The number of aromatic nitrogens is 3. The highest BCUT2D eigenvalue weighted by Crippen LogP contribution is 2.44. The van der Waals surface area contributed by atoms with Gasteiger partial charge in [0, 0.05) is 72.2 Å². The number of ketones is 2. The van der Waals surface area contributed by atoms with Crippen molar-refractivity contribution in [1.29, 1.82) is 0 Å². The first-order valence-corrected chi connectivity index (χ1v) is 15.7. The van der Waals surface area contributed by atoms with Crippen LogP contribution in [-0.2, 0) is 10.2 Å². The molecule has 3 aromatic rings. The van der Waals surface area contributed by atoms with Crippen molar-refractivity contribution in [3.8, 4) is 10.6 Å². The second kappa shape index (κ2) is 11.9. The van der Waals surface area contributed by atoms with Gasteiger partial charge in [0.05, 0.1) is 5.60 Å². The number of pyridine rings is 1. The van der Waals surface area contributed by atoms with Crippen LogP contribution in [0.2, 0.25) is 0 Å². The molecule has 0 atom stereocenters. The van der Waals surface area contributed by atoms with Crippen LogP contribution in [0.5, 0.6) is 0 Å². The molecule has 7 nitrogen and oxygen atoms in total. The average molecular weight is 611 g/mol. The molecule has 230 valence electrons. The van der Waals surface area contributed by atoms with Gasteiger partial charge in [0.1, 0.15) is 17.4 Å². The molecule has 0 unspecified atom stereocenters. The van der Waals surface area contributed by atoms with Crippen LogP contribution in [0.25, 0.3) is 10.6 Å². The minimum Gasteiger partial charge on any atom is -0.390 e. The van der Waals surface area contributed by atoms with E-state index >= 15 is 0 Å². The van der Waals surface area contributed by atoms with Crippen LogP contribution in [-0.4, -0.2) is 61.5 Å². The predicted octanol–water partition coefficient (Wildman–Crippen LogP) is 6.39. The normalized spacial score (nSPS) is 22.3. The van der Waals surface area contributed by atoms with Gasteiger partial charge >= 0.3 is 0 Å². The number of rotatable bonds is 10. The van der Waals surface area contributed by atoms with Gasteiger partial charge in [-0.25, -0.2) is 8.78 Å². The number of benzene rings is 1. The van der Waals surface area contributed by atoms with Crippen LogP contribution < -0.4 is 0 Å². The standard InChI is InChI=1S/C33H40F2N4O3S/c1-20-6-7-21(2)36-28(20)31(3,4)15-24(40)16-33(18-39(19-33)23-10-12-32(5,42)13-11-23)17-27(41)30-38-37-29(43-30)25-9-8-22(34)14-26(25)35/h6-9,14,23,42H,10-13,15-19H2,1-5H3. The van der Waals surface area contributed by atoms with Gasteiger partial charge in [-0.2, -0.15) is 0 Å². The topological polar surface area (TPSA) is 96.3 Å². The summed E-state index contributed by atoms with van der Waals surface area (Å²) >= 11 is 0.978. The van der Waals surface area contributed by atoms with Crippen molar-refractivity contribution in [1.82, 2.24) is 20.1 Å². The number of nitrogens with zero attached hydrogens (tertiary/aromatic N) is 4. The van der Waals surface area contributed by atoms with Gasteiger partial charge in [-0.1, -0.05) is 31.3 Å². The molecule has 2 aromatic heterocycles. The number of aryl methyl sites for hydroxylation is 2.